The summed E-state index contributed by atoms with van der Waals surface area (Å²) in [6, 6.07) is 8.09. The molecule has 0 unspecified atom stereocenters. The summed E-state index contributed by atoms with van der Waals surface area (Å²) in [7, 11) is 0. The quantitative estimate of drug-likeness (QED) is 0.833. The SMILES string of the molecule is O=c1[nH]c(CSc2cccc(Br)c2)nc2c1CCCN2. The van der Waals surface area contributed by atoms with Crippen LogP contribution in [0.3, 0.4) is 0 Å². The first-order chi connectivity index (χ1) is 9.72. The molecule has 1 aliphatic rings. The van der Waals surface area contributed by atoms with Crippen molar-refractivity contribution in [1.82, 2.24) is 9.97 Å². The molecule has 104 valence electrons. The van der Waals surface area contributed by atoms with Crippen molar-refractivity contribution in [1.29, 1.82) is 0 Å². The van der Waals surface area contributed by atoms with Crippen LogP contribution in [0.1, 0.15) is 17.8 Å². The van der Waals surface area contributed by atoms with E-state index >= 15 is 0 Å². The molecule has 0 atom stereocenters. The average Bonchev–Trinajstić information content (AvgIpc) is 2.45. The van der Waals surface area contributed by atoms with Gasteiger partial charge in [0.25, 0.3) is 5.56 Å². The van der Waals surface area contributed by atoms with Crippen molar-refractivity contribution in [2.24, 2.45) is 0 Å². The zero-order valence-electron chi connectivity index (χ0n) is 10.8. The third-order valence-corrected chi connectivity index (χ3v) is 4.63. The maximum absolute atomic E-state index is 12.0. The van der Waals surface area contributed by atoms with Crippen LogP contribution in [0.15, 0.2) is 38.4 Å². The summed E-state index contributed by atoms with van der Waals surface area (Å²) in [5.74, 6) is 2.12. The van der Waals surface area contributed by atoms with Crippen LogP contribution in [0.4, 0.5) is 5.82 Å². The number of hydrogen-bond donors (Lipinski definition) is 2. The Morgan fingerprint density at radius 3 is 3.15 bits per heavy atom. The molecule has 2 N–H and O–H groups in total. The third kappa shape index (κ3) is 3.07. The van der Waals surface area contributed by atoms with Crippen LogP contribution in [0, 0.1) is 0 Å². The first-order valence-corrected chi connectivity index (χ1v) is 8.24. The molecule has 0 saturated heterocycles. The van der Waals surface area contributed by atoms with Crippen LogP contribution < -0.4 is 10.9 Å². The van der Waals surface area contributed by atoms with Gasteiger partial charge in [-0.15, -0.1) is 11.8 Å². The Hall–Kier alpha value is -1.27. The molecule has 1 aromatic carbocycles. The minimum atomic E-state index is -0.00737. The summed E-state index contributed by atoms with van der Waals surface area (Å²) < 4.78 is 1.05. The smallest absolute Gasteiger partial charge is 0.256 e. The van der Waals surface area contributed by atoms with Crippen molar-refractivity contribution >= 4 is 33.5 Å². The maximum Gasteiger partial charge on any atom is 0.256 e. The number of thioether (sulfide) groups is 1. The molecule has 1 aromatic heterocycles. The predicted octanol–water partition coefficient (Wildman–Crippen LogP) is 3.18. The molecule has 0 fully saturated rings. The average molecular weight is 352 g/mol. The fourth-order valence-electron chi connectivity index (χ4n) is 2.17. The van der Waals surface area contributed by atoms with E-state index < -0.39 is 0 Å². The van der Waals surface area contributed by atoms with Gasteiger partial charge >= 0.3 is 0 Å². The first-order valence-electron chi connectivity index (χ1n) is 6.47. The van der Waals surface area contributed by atoms with E-state index in [0.717, 1.165) is 40.1 Å². The molecule has 4 nitrogen and oxygen atoms in total. The van der Waals surface area contributed by atoms with E-state index in [2.05, 4.69) is 37.3 Å². The van der Waals surface area contributed by atoms with E-state index in [1.54, 1.807) is 11.8 Å². The van der Waals surface area contributed by atoms with Crippen LogP contribution in [0.25, 0.3) is 0 Å². The predicted molar refractivity (Wildman–Crippen MR) is 85.4 cm³/mol. The number of nitrogens with zero attached hydrogens (tertiary/aromatic N) is 1. The largest absolute Gasteiger partial charge is 0.370 e. The summed E-state index contributed by atoms with van der Waals surface area (Å²) in [5.41, 5.74) is 0.777. The normalized spacial score (nSPS) is 13.7. The number of benzene rings is 1. The van der Waals surface area contributed by atoms with E-state index in [-0.39, 0.29) is 5.56 Å². The molecule has 1 aliphatic heterocycles. The molecular weight excluding hydrogens is 338 g/mol. The van der Waals surface area contributed by atoms with Gasteiger partial charge in [0.1, 0.15) is 11.6 Å². The number of H-pyrrole nitrogens is 1. The highest BCUT2D eigenvalue weighted by Gasteiger charge is 2.14. The van der Waals surface area contributed by atoms with Crippen molar-refractivity contribution in [3.8, 4) is 0 Å². The van der Waals surface area contributed by atoms with Gasteiger partial charge in [-0.3, -0.25) is 4.79 Å². The summed E-state index contributed by atoms with van der Waals surface area (Å²) in [5, 5.41) is 3.20. The van der Waals surface area contributed by atoms with E-state index in [1.165, 1.54) is 0 Å². The second-order valence-electron chi connectivity index (χ2n) is 4.62. The highest BCUT2D eigenvalue weighted by Crippen LogP contribution is 2.25. The highest BCUT2D eigenvalue weighted by atomic mass is 79.9. The lowest BCUT2D eigenvalue weighted by atomic mass is 10.1. The number of hydrogen-bond acceptors (Lipinski definition) is 4. The fraction of sp³-hybridized carbons (Fsp3) is 0.286. The molecule has 2 heterocycles. The monoisotopic (exact) mass is 351 g/mol. The van der Waals surface area contributed by atoms with Crippen LogP contribution >= 0.6 is 27.7 Å². The number of rotatable bonds is 3. The summed E-state index contributed by atoms with van der Waals surface area (Å²) in [6.45, 7) is 0.891. The molecule has 0 saturated carbocycles. The zero-order valence-corrected chi connectivity index (χ0v) is 13.2. The van der Waals surface area contributed by atoms with Gasteiger partial charge in [-0.1, -0.05) is 22.0 Å². The Bertz CT molecular complexity index is 686. The van der Waals surface area contributed by atoms with Crippen molar-refractivity contribution in [3.63, 3.8) is 0 Å². The van der Waals surface area contributed by atoms with Gasteiger partial charge in [-0.25, -0.2) is 4.98 Å². The minimum Gasteiger partial charge on any atom is -0.370 e. The van der Waals surface area contributed by atoms with E-state index in [0.29, 0.717) is 11.6 Å². The van der Waals surface area contributed by atoms with Gasteiger partial charge in [0.2, 0.25) is 0 Å². The second-order valence-corrected chi connectivity index (χ2v) is 6.58. The highest BCUT2D eigenvalue weighted by molar-refractivity contribution is 9.10. The maximum atomic E-state index is 12.0. The van der Waals surface area contributed by atoms with Crippen LogP contribution in [-0.2, 0) is 12.2 Å². The number of nitrogens with one attached hydrogen (secondary N) is 2. The number of aromatic nitrogens is 2. The van der Waals surface area contributed by atoms with Crippen molar-refractivity contribution in [2.75, 3.05) is 11.9 Å². The lowest BCUT2D eigenvalue weighted by Gasteiger charge is -2.16. The standard InChI is InChI=1S/C14H14BrN3OS/c15-9-3-1-4-10(7-9)20-8-12-17-13-11(14(19)18-12)5-2-6-16-13/h1,3-4,7H,2,5-6,8H2,(H2,16,17,18,19). The van der Waals surface area contributed by atoms with E-state index in [1.807, 2.05) is 18.2 Å². The summed E-state index contributed by atoms with van der Waals surface area (Å²) >= 11 is 5.11. The number of halogens is 1. The molecule has 2 aromatic rings. The molecule has 0 bridgehead atoms. The fourth-order valence-corrected chi connectivity index (χ4v) is 3.55. The molecule has 0 aliphatic carbocycles. The Morgan fingerprint density at radius 2 is 2.30 bits per heavy atom. The molecule has 6 heteroatoms. The third-order valence-electron chi connectivity index (χ3n) is 3.13. The summed E-state index contributed by atoms with van der Waals surface area (Å²) in [6.07, 6.45) is 1.80. The van der Waals surface area contributed by atoms with Crippen LogP contribution in [0.2, 0.25) is 0 Å². The number of aromatic amines is 1. The van der Waals surface area contributed by atoms with Crippen molar-refractivity contribution in [3.05, 3.63) is 50.5 Å². The molecule has 0 spiro atoms. The Labute approximate surface area is 129 Å². The zero-order chi connectivity index (χ0) is 13.9. The lowest BCUT2D eigenvalue weighted by Crippen LogP contribution is -2.24. The van der Waals surface area contributed by atoms with E-state index in [9.17, 15) is 4.79 Å². The summed E-state index contributed by atoms with van der Waals surface area (Å²) in [4.78, 5) is 20.5. The minimum absolute atomic E-state index is 0.00737. The van der Waals surface area contributed by atoms with Gasteiger partial charge < -0.3 is 10.3 Å². The molecular formula is C14H14BrN3OS. The van der Waals surface area contributed by atoms with Crippen molar-refractivity contribution in [2.45, 2.75) is 23.5 Å². The Kier molecular flexibility index (Phi) is 4.12. The topological polar surface area (TPSA) is 57.8 Å². The lowest BCUT2D eigenvalue weighted by molar-refractivity contribution is 0.789. The van der Waals surface area contributed by atoms with Gasteiger partial charge in [-0.2, -0.15) is 0 Å². The van der Waals surface area contributed by atoms with Gasteiger partial charge in [-0.05, 0) is 31.0 Å². The number of fused-ring (bicyclic) bond motifs is 1. The van der Waals surface area contributed by atoms with Crippen LogP contribution in [0.5, 0.6) is 0 Å². The Morgan fingerprint density at radius 1 is 1.40 bits per heavy atom. The van der Waals surface area contributed by atoms with Gasteiger partial charge in [0.05, 0.1) is 11.3 Å². The Balaban J connectivity index is 1.78. The number of anilines is 1. The van der Waals surface area contributed by atoms with E-state index in [4.69, 9.17) is 0 Å². The van der Waals surface area contributed by atoms with Gasteiger partial charge in [0, 0.05) is 15.9 Å². The molecule has 20 heavy (non-hydrogen) atoms. The second kappa shape index (κ2) is 6.01. The van der Waals surface area contributed by atoms with Crippen molar-refractivity contribution < 1.29 is 0 Å². The van der Waals surface area contributed by atoms with Gasteiger partial charge in [0.15, 0.2) is 0 Å². The molecule has 3 rings (SSSR count). The van der Waals surface area contributed by atoms with Crippen LogP contribution in [-0.4, -0.2) is 16.5 Å². The molecule has 0 amide bonds. The first kappa shape index (κ1) is 13.7. The molecule has 0 radical (unpaired) electrons.